The normalized spacial score (nSPS) is 14.9. The van der Waals surface area contributed by atoms with Gasteiger partial charge in [0.25, 0.3) is 11.5 Å². The molecular formula is C30H27N3O5S. The van der Waals surface area contributed by atoms with E-state index < -0.39 is 6.04 Å². The average Bonchev–Trinajstić information content (AvgIpc) is 3.24. The van der Waals surface area contributed by atoms with E-state index in [1.54, 1.807) is 41.8 Å². The van der Waals surface area contributed by atoms with Crippen molar-refractivity contribution in [2.75, 3.05) is 19.0 Å². The van der Waals surface area contributed by atoms with Crippen molar-refractivity contribution in [3.63, 3.8) is 0 Å². The summed E-state index contributed by atoms with van der Waals surface area (Å²) < 4.78 is 12.8. The number of anilines is 1. The van der Waals surface area contributed by atoms with Crippen molar-refractivity contribution in [1.82, 2.24) is 4.57 Å². The van der Waals surface area contributed by atoms with Crippen molar-refractivity contribution in [2.24, 2.45) is 4.99 Å². The highest BCUT2D eigenvalue weighted by Gasteiger charge is 2.32. The van der Waals surface area contributed by atoms with Gasteiger partial charge in [-0.2, -0.15) is 0 Å². The van der Waals surface area contributed by atoms with Gasteiger partial charge in [-0.05, 0) is 67.4 Å². The standard InChI is InChI=1S/C30H27N3O5S/c1-4-38-22-13-11-20(12-14-22)27-26(28(35)32-21-8-6-5-7-9-21)18(2)31-30-33(27)29(36)25(39-30)17-19-10-15-23(34)24(16-19)37-3/h5-17,27,34H,4H2,1-3H3,(H,32,35)/t27-/m0/s1. The molecule has 1 aliphatic rings. The molecule has 198 valence electrons. The molecule has 0 saturated heterocycles. The lowest BCUT2D eigenvalue weighted by molar-refractivity contribution is -0.113. The van der Waals surface area contributed by atoms with E-state index in [1.807, 2.05) is 49.4 Å². The molecule has 9 heteroatoms. The van der Waals surface area contributed by atoms with Crippen LogP contribution in [0.1, 0.15) is 31.0 Å². The van der Waals surface area contributed by atoms with Gasteiger partial charge in [0.05, 0.1) is 35.6 Å². The lowest BCUT2D eigenvalue weighted by atomic mass is 9.95. The Labute approximate surface area is 228 Å². The number of aromatic nitrogens is 1. The summed E-state index contributed by atoms with van der Waals surface area (Å²) in [5.41, 5.74) is 2.72. The Balaban J connectivity index is 1.65. The Bertz CT molecular complexity index is 1740. The Morgan fingerprint density at radius 1 is 1.13 bits per heavy atom. The lowest BCUT2D eigenvalue weighted by Crippen LogP contribution is -2.40. The van der Waals surface area contributed by atoms with Gasteiger partial charge >= 0.3 is 0 Å². The number of carbonyl (C=O) groups excluding carboxylic acids is 1. The van der Waals surface area contributed by atoms with E-state index in [0.717, 1.165) is 5.56 Å². The second-order valence-corrected chi connectivity index (χ2v) is 9.84. The van der Waals surface area contributed by atoms with E-state index in [4.69, 9.17) is 9.47 Å². The minimum atomic E-state index is -0.697. The van der Waals surface area contributed by atoms with Crippen LogP contribution in [0.15, 0.2) is 93.9 Å². The van der Waals surface area contributed by atoms with Crippen molar-refractivity contribution in [3.05, 3.63) is 115 Å². The SMILES string of the molecule is CCOc1ccc([C@H]2C(C(=O)Nc3ccccc3)=C(C)N=c3sc(=Cc4ccc(O)c(OC)c4)c(=O)n32)cc1. The van der Waals surface area contributed by atoms with Crippen LogP contribution in [0, 0.1) is 0 Å². The number of nitrogens with one attached hydrogen (secondary N) is 1. The van der Waals surface area contributed by atoms with Crippen LogP contribution in [0.5, 0.6) is 17.2 Å². The smallest absolute Gasteiger partial charge is 0.271 e. The second kappa shape index (κ2) is 11.0. The van der Waals surface area contributed by atoms with Crippen LogP contribution in [0.2, 0.25) is 0 Å². The van der Waals surface area contributed by atoms with Gasteiger partial charge in [0.2, 0.25) is 0 Å². The van der Waals surface area contributed by atoms with E-state index in [-0.39, 0.29) is 17.2 Å². The number of hydrogen-bond donors (Lipinski definition) is 2. The summed E-state index contributed by atoms with van der Waals surface area (Å²) in [6.45, 7) is 4.22. The van der Waals surface area contributed by atoms with Gasteiger partial charge in [-0.3, -0.25) is 14.2 Å². The first kappa shape index (κ1) is 26.0. The van der Waals surface area contributed by atoms with Crippen molar-refractivity contribution in [1.29, 1.82) is 0 Å². The summed E-state index contributed by atoms with van der Waals surface area (Å²) in [5.74, 6) is 0.681. The number of para-hydroxylation sites is 1. The topological polar surface area (TPSA) is 102 Å². The monoisotopic (exact) mass is 541 g/mol. The van der Waals surface area contributed by atoms with Crippen LogP contribution in [-0.4, -0.2) is 29.3 Å². The number of benzene rings is 3. The molecule has 5 rings (SSSR count). The lowest BCUT2D eigenvalue weighted by Gasteiger charge is -2.25. The summed E-state index contributed by atoms with van der Waals surface area (Å²) in [5, 5.41) is 12.9. The number of carbonyl (C=O) groups is 1. The summed E-state index contributed by atoms with van der Waals surface area (Å²) in [4.78, 5) is 32.7. The van der Waals surface area contributed by atoms with E-state index in [1.165, 1.54) is 24.5 Å². The number of phenols is 1. The van der Waals surface area contributed by atoms with Crippen LogP contribution < -0.4 is 29.7 Å². The van der Waals surface area contributed by atoms with Crippen LogP contribution >= 0.6 is 11.3 Å². The molecule has 1 amide bonds. The molecule has 1 aliphatic heterocycles. The number of thiazole rings is 1. The number of allylic oxidation sites excluding steroid dienone is 1. The molecule has 1 atom stereocenters. The Kier molecular flexibility index (Phi) is 7.33. The first-order chi connectivity index (χ1) is 18.9. The first-order valence-electron chi connectivity index (χ1n) is 12.4. The number of aromatic hydroxyl groups is 1. The third-order valence-electron chi connectivity index (χ3n) is 6.31. The molecule has 39 heavy (non-hydrogen) atoms. The summed E-state index contributed by atoms with van der Waals surface area (Å²) in [7, 11) is 1.47. The van der Waals surface area contributed by atoms with Crippen molar-refractivity contribution < 1.29 is 19.4 Å². The Morgan fingerprint density at radius 3 is 2.56 bits per heavy atom. The molecule has 0 aliphatic carbocycles. The molecule has 2 N–H and O–H groups in total. The summed E-state index contributed by atoms with van der Waals surface area (Å²) in [6, 6.07) is 20.7. The predicted octanol–water partition coefficient (Wildman–Crippen LogP) is 3.99. The maximum absolute atomic E-state index is 13.8. The quantitative estimate of drug-likeness (QED) is 0.369. The van der Waals surface area contributed by atoms with Crippen molar-refractivity contribution >= 4 is 29.0 Å². The van der Waals surface area contributed by atoms with E-state index in [9.17, 15) is 14.7 Å². The van der Waals surface area contributed by atoms with Gasteiger partial charge in [0.1, 0.15) is 5.75 Å². The molecule has 8 nitrogen and oxygen atoms in total. The number of fused-ring (bicyclic) bond motifs is 1. The van der Waals surface area contributed by atoms with Gasteiger partial charge in [-0.15, -0.1) is 0 Å². The molecule has 0 spiro atoms. The zero-order valence-electron chi connectivity index (χ0n) is 21.7. The number of nitrogens with zero attached hydrogens (tertiary/aromatic N) is 2. The molecule has 1 aromatic heterocycles. The van der Waals surface area contributed by atoms with Crippen LogP contribution in [-0.2, 0) is 4.79 Å². The van der Waals surface area contributed by atoms with Gasteiger partial charge in [-0.1, -0.05) is 47.7 Å². The number of rotatable bonds is 7. The average molecular weight is 542 g/mol. The van der Waals surface area contributed by atoms with E-state index >= 15 is 0 Å². The van der Waals surface area contributed by atoms with Gasteiger partial charge in [-0.25, -0.2) is 4.99 Å². The number of phenolic OH excluding ortho intramolecular Hbond substituents is 1. The minimum absolute atomic E-state index is 0.0105. The zero-order chi connectivity index (χ0) is 27.5. The first-order valence-corrected chi connectivity index (χ1v) is 13.2. The molecule has 0 saturated carbocycles. The maximum Gasteiger partial charge on any atom is 0.271 e. The zero-order valence-corrected chi connectivity index (χ0v) is 22.5. The third kappa shape index (κ3) is 5.21. The largest absolute Gasteiger partial charge is 0.504 e. The maximum atomic E-state index is 13.8. The number of methoxy groups -OCH3 is 1. The number of hydrogen-bond acceptors (Lipinski definition) is 7. The fourth-order valence-corrected chi connectivity index (χ4v) is 5.54. The fourth-order valence-electron chi connectivity index (χ4n) is 4.50. The predicted molar refractivity (Wildman–Crippen MR) is 151 cm³/mol. The van der Waals surface area contributed by atoms with Crippen molar-refractivity contribution in [3.8, 4) is 17.2 Å². The van der Waals surface area contributed by atoms with E-state index in [0.29, 0.717) is 50.0 Å². The molecule has 2 heterocycles. The molecule has 0 radical (unpaired) electrons. The molecule has 3 aromatic carbocycles. The van der Waals surface area contributed by atoms with Gasteiger partial charge < -0.3 is 19.9 Å². The minimum Gasteiger partial charge on any atom is -0.504 e. The summed E-state index contributed by atoms with van der Waals surface area (Å²) in [6.07, 6.45) is 1.73. The van der Waals surface area contributed by atoms with Crippen LogP contribution in [0.3, 0.4) is 0 Å². The molecule has 0 fully saturated rings. The molecule has 0 bridgehead atoms. The molecule has 0 unspecified atom stereocenters. The fraction of sp³-hybridized carbons (Fsp3) is 0.167. The highest BCUT2D eigenvalue weighted by Crippen LogP contribution is 2.32. The highest BCUT2D eigenvalue weighted by atomic mass is 32.1. The van der Waals surface area contributed by atoms with Crippen molar-refractivity contribution in [2.45, 2.75) is 19.9 Å². The van der Waals surface area contributed by atoms with E-state index in [2.05, 4.69) is 10.3 Å². The van der Waals surface area contributed by atoms with Gasteiger partial charge in [0.15, 0.2) is 16.3 Å². The Hall–Kier alpha value is -4.63. The Morgan fingerprint density at radius 2 is 1.87 bits per heavy atom. The number of ether oxygens (including phenoxy) is 2. The molecular weight excluding hydrogens is 514 g/mol. The highest BCUT2D eigenvalue weighted by molar-refractivity contribution is 7.07. The van der Waals surface area contributed by atoms with Gasteiger partial charge in [0, 0.05) is 5.69 Å². The van der Waals surface area contributed by atoms with Crippen LogP contribution in [0.25, 0.3) is 6.08 Å². The summed E-state index contributed by atoms with van der Waals surface area (Å²) >= 11 is 1.24. The molecule has 4 aromatic rings. The number of amides is 1. The van der Waals surface area contributed by atoms with Crippen LogP contribution in [0.4, 0.5) is 5.69 Å². The third-order valence-corrected chi connectivity index (χ3v) is 7.29. The second-order valence-electron chi connectivity index (χ2n) is 8.84.